The van der Waals surface area contributed by atoms with Crippen molar-refractivity contribution in [3.63, 3.8) is 0 Å². The smallest absolute Gasteiger partial charge is 0.413 e. The maximum atomic E-state index is 11.8. The van der Waals surface area contributed by atoms with Crippen molar-refractivity contribution in [2.24, 2.45) is 0 Å². The Hall–Kier alpha value is -2.59. The number of rotatable bonds is 2. The molecular formula is C14H14ClN5O2. The van der Waals surface area contributed by atoms with E-state index in [1.165, 1.54) is 17.0 Å². The molecule has 1 amide bonds. The van der Waals surface area contributed by atoms with E-state index in [1.54, 1.807) is 33.2 Å². The highest BCUT2D eigenvalue weighted by molar-refractivity contribution is 6.32. The fourth-order valence-electron chi connectivity index (χ4n) is 1.65. The van der Waals surface area contributed by atoms with Crippen LogP contribution in [0.2, 0.25) is 5.02 Å². The first-order valence-corrected chi connectivity index (χ1v) is 6.77. The van der Waals surface area contributed by atoms with E-state index >= 15 is 0 Å². The molecule has 1 N–H and O–H groups in total. The first-order valence-electron chi connectivity index (χ1n) is 6.39. The minimum atomic E-state index is -0.655. The van der Waals surface area contributed by atoms with Gasteiger partial charge < -0.3 is 4.74 Å². The van der Waals surface area contributed by atoms with Crippen molar-refractivity contribution in [2.75, 3.05) is 5.32 Å². The summed E-state index contributed by atoms with van der Waals surface area (Å²) in [6.45, 7) is 5.26. The van der Waals surface area contributed by atoms with Crippen LogP contribution in [-0.2, 0) is 4.74 Å². The van der Waals surface area contributed by atoms with Crippen molar-refractivity contribution in [1.29, 1.82) is 5.26 Å². The molecule has 0 atom stereocenters. The van der Waals surface area contributed by atoms with E-state index in [-0.39, 0.29) is 22.2 Å². The molecule has 2 aromatic heterocycles. The first-order chi connectivity index (χ1) is 10.3. The number of anilines is 1. The van der Waals surface area contributed by atoms with Crippen molar-refractivity contribution in [3.8, 4) is 11.9 Å². The number of carbonyl (C=O) groups excluding carboxylic acids is 1. The molecule has 0 aliphatic heterocycles. The number of amides is 1. The number of pyridine rings is 1. The normalized spacial score (nSPS) is 10.9. The van der Waals surface area contributed by atoms with Gasteiger partial charge in [0.15, 0.2) is 5.82 Å². The highest BCUT2D eigenvalue weighted by Crippen LogP contribution is 2.24. The SMILES string of the molecule is CC(C)(C)OC(=O)Nc1cc(Cl)c(C#N)c(-n2ccnc2)n1. The van der Waals surface area contributed by atoms with Crippen LogP contribution >= 0.6 is 11.6 Å². The molecule has 0 unspecified atom stereocenters. The van der Waals surface area contributed by atoms with Gasteiger partial charge in [0.2, 0.25) is 0 Å². The summed E-state index contributed by atoms with van der Waals surface area (Å²) in [5, 5.41) is 11.9. The molecule has 0 aliphatic carbocycles. The van der Waals surface area contributed by atoms with Crippen LogP contribution in [0.15, 0.2) is 24.8 Å². The zero-order valence-electron chi connectivity index (χ0n) is 12.3. The van der Waals surface area contributed by atoms with Gasteiger partial charge in [0.25, 0.3) is 0 Å². The third-order valence-corrected chi connectivity index (χ3v) is 2.74. The Morgan fingerprint density at radius 3 is 2.77 bits per heavy atom. The van der Waals surface area contributed by atoms with Crippen LogP contribution in [0.25, 0.3) is 5.82 Å². The Labute approximate surface area is 132 Å². The van der Waals surface area contributed by atoms with Crippen molar-refractivity contribution in [1.82, 2.24) is 14.5 Å². The van der Waals surface area contributed by atoms with Crippen molar-refractivity contribution in [2.45, 2.75) is 26.4 Å². The number of halogens is 1. The fourth-order valence-corrected chi connectivity index (χ4v) is 1.88. The number of ether oxygens (including phenoxy) is 1. The summed E-state index contributed by atoms with van der Waals surface area (Å²) in [6, 6.07) is 3.38. The van der Waals surface area contributed by atoms with Gasteiger partial charge >= 0.3 is 6.09 Å². The van der Waals surface area contributed by atoms with E-state index in [0.29, 0.717) is 0 Å². The Kier molecular flexibility index (Phi) is 4.33. The second kappa shape index (κ2) is 6.03. The monoisotopic (exact) mass is 319 g/mol. The van der Waals surface area contributed by atoms with E-state index in [2.05, 4.69) is 15.3 Å². The molecule has 0 aliphatic rings. The third-order valence-electron chi connectivity index (χ3n) is 2.44. The van der Waals surface area contributed by atoms with Gasteiger partial charge in [-0.1, -0.05) is 11.6 Å². The van der Waals surface area contributed by atoms with Gasteiger partial charge in [-0.05, 0) is 20.8 Å². The van der Waals surface area contributed by atoms with Gasteiger partial charge in [-0.15, -0.1) is 0 Å². The number of nitriles is 1. The molecule has 0 bridgehead atoms. The Balaban J connectivity index is 2.35. The molecule has 22 heavy (non-hydrogen) atoms. The van der Waals surface area contributed by atoms with Crippen LogP contribution in [-0.4, -0.2) is 26.2 Å². The van der Waals surface area contributed by atoms with Gasteiger partial charge in [-0.2, -0.15) is 5.26 Å². The first kappa shape index (κ1) is 15.8. The van der Waals surface area contributed by atoms with E-state index in [1.807, 2.05) is 6.07 Å². The van der Waals surface area contributed by atoms with E-state index in [4.69, 9.17) is 16.3 Å². The minimum Gasteiger partial charge on any atom is -0.444 e. The summed E-state index contributed by atoms with van der Waals surface area (Å²) < 4.78 is 6.68. The summed E-state index contributed by atoms with van der Waals surface area (Å²) in [5.41, 5.74) is -0.442. The quantitative estimate of drug-likeness (QED) is 0.917. The molecule has 0 saturated heterocycles. The van der Waals surface area contributed by atoms with Crippen molar-refractivity contribution >= 4 is 23.5 Å². The lowest BCUT2D eigenvalue weighted by molar-refractivity contribution is 0.0635. The lowest BCUT2D eigenvalue weighted by atomic mass is 10.2. The number of hydrogen-bond acceptors (Lipinski definition) is 5. The molecular weight excluding hydrogens is 306 g/mol. The highest BCUT2D eigenvalue weighted by atomic mass is 35.5. The van der Waals surface area contributed by atoms with E-state index in [9.17, 15) is 10.1 Å². The lowest BCUT2D eigenvalue weighted by Gasteiger charge is -2.19. The summed E-state index contributed by atoms with van der Waals surface area (Å²) in [7, 11) is 0. The zero-order chi connectivity index (χ0) is 16.3. The molecule has 2 heterocycles. The molecule has 0 saturated carbocycles. The topological polar surface area (TPSA) is 92.8 Å². The lowest BCUT2D eigenvalue weighted by Crippen LogP contribution is -2.27. The van der Waals surface area contributed by atoms with Crippen molar-refractivity contribution in [3.05, 3.63) is 35.4 Å². The number of carbonyl (C=O) groups is 1. The maximum Gasteiger partial charge on any atom is 0.413 e. The molecule has 8 heteroatoms. The Morgan fingerprint density at radius 1 is 1.50 bits per heavy atom. The number of nitrogens with zero attached hydrogens (tertiary/aromatic N) is 4. The number of nitrogens with one attached hydrogen (secondary N) is 1. The van der Waals surface area contributed by atoms with E-state index < -0.39 is 11.7 Å². The Morgan fingerprint density at radius 2 is 2.23 bits per heavy atom. The average Bonchev–Trinajstić information content (AvgIpc) is 2.89. The van der Waals surface area contributed by atoms with Crippen LogP contribution in [0.1, 0.15) is 26.3 Å². The summed E-state index contributed by atoms with van der Waals surface area (Å²) in [5.74, 6) is 0.459. The summed E-state index contributed by atoms with van der Waals surface area (Å²) in [6.07, 6.45) is 4.00. The molecule has 2 rings (SSSR count). The zero-order valence-corrected chi connectivity index (χ0v) is 13.0. The molecule has 114 valence electrons. The number of imidazole rings is 1. The predicted molar refractivity (Wildman–Crippen MR) is 80.9 cm³/mol. The molecule has 2 aromatic rings. The molecule has 0 radical (unpaired) electrons. The number of hydrogen-bond donors (Lipinski definition) is 1. The molecule has 0 fully saturated rings. The molecule has 0 spiro atoms. The van der Waals surface area contributed by atoms with Gasteiger partial charge in [0.1, 0.15) is 29.4 Å². The van der Waals surface area contributed by atoms with Gasteiger partial charge in [0, 0.05) is 18.5 Å². The van der Waals surface area contributed by atoms with Crippen LogP contribution in [0, 0.1) is 11.3 Å². The van der Waals surface area contributed by atoms with E-state index in [0.717, 1.165) is 0 Å². The standard InChI is InChI=1S/C14H14ClN5O2/c1-14(2,3)22-13(21)19-11-6-10(15)9(7-16)12(18-11)20-5-4-17-8-20/h4-6,8H,1-3H3,(H,18,19,21). The van der Waals surface area contributed by atoms with Crippen molar-refractivity contribution < 1.29 is 9.53 Å². The Bertz CT molecular complexity index is 729. The largest absolute Gasteiger partial charge is 0.444 e. The second-order valence-electron chi connectivity index (χ2n) is 5.40. The summed E-state index contributed by atoms with van der Waals surface area (Å²) >= 11 is 6.08. The predicted octanol–water partition coefficient (Wildman–Crippen LogP) is 3.14. The molecule has 7 nitrogen and oxygen atoms in total. The van der Waals surface area contributed by atoms with Gasteiger partial charge in [-0.25, -0.2) is 14.8 Å². The number of aromatic nitrogens is 3. The van der Waals surface area contributed by atoms with Gasteiger partial charge in [-0.3, -0.25) is 9.88 Å². The summed E-state index contributed by atoms with van der Waals surface area (Å²) in [4.78, 5) is 19.9. The van der Waals surface area contributed by atoms with Crippen LogP contribution < -0.4 is 5.32 Å². The highest BCUT2D eigenvalue weighted by Gasteiger charge is 2.18. The maximum absolute atomic E-state index is 11.8. The van der Waals surface area contributed by atoms with Crippen LogP contribution in [0.5, 0.6) is 0 Å². The molecule has 0 aromatic carbocycles. The van der Waals surface area contributed by atoms with Crippen LogP contribution in [0.4, 0.5) is 10.6 Å². The average molecular weight is 320 g/mol. The van der Waals surface area contributed by atoms with Crippen LogP contribution in [0.3, 0.4) is 0 Å². The third kappa shape index (κ3) is 3.74. The fraction of sp³-hybridized carbons (Fsp3) is 0.286. The minimum absolute atomic E-state index is 0.173. The second-order valence-corrected chi connectivity index (χ2v) is 5.80. The van der Waals surface area contributed by atoms with Gasteiger partial charge in [0.05, 0.1) is 5.02 Å².